The highest BCUT2D eigenvalue weighted by atomic mass is 32.2. The van der Waals surface area contributed by atoms with Gasteiger partial charge in [-0.1, -0.05) is 42.1 Å². The first-order valence-electron chi connectivity index (χ1n) is 5.91. The fourth-order valence-corrected chi connectivity index (χ4v) is 2.26. The summed E-state index contributed by atoms with van der Waals surface area (Å²) >= 11 is 1.15. The molecule has 0 atom stereocenters. The van der Waals surface area contributed by atoms with Gasteiger partial charge in [0.15, 0.2) is 5.83 Å². The minimum absolute atomic E-state index is 0.179. The fourth-order valence-electron chi connectivity index (χ4n) is 1.52. The lowest BCUT2D eigenvalue weighted by Crippen LogP contribution is -1.99. The summed E-state index contributed by atoms with van der Waals surface area (Å²) in [6.07, 6.45) is -1.01. The molecule has 1 aromatic carbocycles. The molecule has 2 aromatic rings. The molecule has 1 heterocycles. The third-order valence-electron chi connectivity index (χ3n) is 2.46. The zero-order valence-electron chi connectivity index (χ0n) is 10.5. The summed E-state index contributed by atoms with van der Waals surface area (Å²) in [5.41, 5.74) is 1.09. The molecule has 7 heteroatoms. The normalized spacial score (nSPS) is 10.6. The highest BCUT2D eigenvalue weighted by Gasteiger charge is 2.07. The number of benzene rings is 1. The van der Waals surface area contributed by atoms with Crippen LogP contribution in [-0.2, 0) is 6.54 Å². The molecule has 20 heavy (non-hydrogen) atoms. The molecule has 106 valence electrons. The van der Waals surface area contributed by atoms with Gasteiger partial charge >= 0.3 is 6.08 Å². The van der Waals surface area contributed by atoms with Gasteiger partial charge < -0.3 is 0 Å². The summed E-state index contributed by atoms with van der Waals surface area (Å²) < 4.78 is 38.0. The van der Waals surface area contributed by atoms with E-state index in [9.17, 15) is 13.2 Å². The Morgan fingerprint density at radius 3 is 2.60 bits per heavy atom. The van der Waals surface area contributed by atoms with Crippen molar-refractivity contribution in [3.63, 3.8) is 0 Å². The van der Waals surface area contributed by atoms with Crippen LogP contribution in [0.4, 0.5) is 13.2 Å². The molecule has 0 N–H and O–H groups in total. The van der Waals surface area contributed by atoms with E-state index in [1.807, 2.05) is 30.3 Å². The Balaban J connectivity index is 1.85. The van der Waals surface area contributed by atoms with Crippen molar-refractivity contribution in [1.82, 2.24) is 14.8 Å². The molecule has 0 bridgehead atoms. The smallest absolute Gasteiger partial charge is 0.247 e. The van der Waals surface area contributed by atoms with Crippen molar-refractivity contribution in [3.05, 3.63) is 54.1 Å². The second-order valence-corrected chi connectivity index (χ2v) is 5.04. The van der Waals surface area contributed by atoms with E-state index in [1.165, 1.54) is 0 Å². The van der Waals surface area contributed by atoms with Gasteiger partial charge in [0, 0.05) is 12.2 Å². The number of hydrogen-bond donors (Lipinski definition) is 0. The van der Waals surface area contributed by atoms with Crippen LogP contribution in [0.5, 0.6) is 0 Å². The summed E-state index contributed by atoms with van der Waals surface area (Å²) in [4.78, 5) is 4.04. The largest absolute Gasteiger partial charge is 0.301 e. The molecule has 3 nitrogen and oxygen atoms in total. The van der Waals surface area contributed by atoms with Crippen LogP contribution in [0, 0.1) is 0 Å². The maximum atomic E-state index is 12.6. The molecule has 0 saturated carbocycles. The van der Waals surface area contributed by atoms with E-state index in [0.29, 0.717) is 11.7 Å². The standard InChI is InChI=1S/C13H12F3N3S/c14-11(12(15)16)6-7-20-13-17-9-19(18-13)8-10-4-2-1-3-5-10/h1-5,9H,6-8H2. The van der Waals surface area contributed by atoms with Crippen LogP contribution in [0.1, 0.15) is 12.0 Å². The van der Waals surface area contributed by atoms with E-state index < -0.39 is 11.9 Å². The van der Waals surface area contributed by atoms with Crippen molar-refractivity contribution in [2.45, 2.75) is 18.1 Å². The fraction of sp³-hybridized carbons (Fsp3) is 0.231. The van der Waals surface area contributed by atoms with Gasteiger partial charge in [0.05, 0.1) is 6.54 Å². The summed E-state index contributed by atoms with van der Waals surface area (Å²) in [6, 6.07) is 9.74. The van der Waals surface area contributed by atoms with Gasteiger partial charge in [-0.15, -0.1) is 5.10 Å². The number of thioether (sulfide) groups is 1. The molecule has 0 aliphatic rings. The van der Waals surface area contributed by atoms with Gasteiger partial charge in [0.25, 0.3) is 0 Å². The Morgan fingerprint density at radius 1 is 1.15 bits per heavy atom. The molecule has 2 rings (SSSR count). The van der Waals surface area contributed by atoms with Gasteiger partial charge in [0.1, 0.15) is 6.33 Å². The van der Waals surface area contributed by atoms with Crippen molar-refractivity contribution in [2.75, 3.05) is 5.75 Å². The van der Waals surface area contributed by atoms with Crippen LogP contribution in [0.15, 0.2) is 53.7 Å². The third-order valence-corrected chi connectivity index (χ3v) is 3.31. The lowest BCUT2D eigenvalue weighted by atomic mass is 10.2. The third kappa shape index (κ3) is 4.41. The maximum absolute atomic E-state index is 12.6. The van der Waals surface area contributed by atoms with Gasteiger partial charge in [-0.2, -0.15) is 8.78 Å². The van der Waals surface area contributed by atoms with Gasteiger partial charge in [0.2, 0.25) is 5.16 Å². The van der Waals surface area contributed by atoms with Crippen molar-refractivity contribution in [3.8, 4) is 0 Å². The molecular weight excluding hydrogens is 287 g/mol. The first-order chi connectivity index (χ1) is 9.65. The van der Waals surface area contributed by atoms with Crippen molar-refractivity contribution >= 4 is 11.8 Å². The predicted molar refractivity (Wildman–Crippen MR) is 71.3 cm³/mol. The number of allylic oxidation sites excluding steroid dienone is 1. The quantitative estimate of drug-likeness (QED) is 0.758. The second kappa shape index (κ2) is 7.14. The van der Waals surface area contributed by atoms with Gasteiger partial charge in [-0.25, -0.2) is 14.1 Å². The molecule has 0 fully saturated rings. The van der Waals surface area contributed by atoms with E-state index >= 15 is 0 Å². The number of nitrogens with zero attached hydrogens (tertiary/aromatic N) is 3. The molecule has 1 aromatic heterocycles. The summed E-state index contributed by atoms with van der Waals surface area (Å²) in [6.45, 7) is 0.585. The van der Waals surface area contributed by atoms with Gasteiger partial charge in [-0.05, 0) is 5.56 Å². The second-order valence-electron chi connectivity index (χ2n) is 3.97. The first kappa shape index (κ1) is 14.6. The van der Waals surface area contributed by atoms with Crippen LogP contribution in [0.3, 0.4) is 0 Å². The van der Waals surface area contributed by atoms with Crippen LogP contribution in [0.25, 0.3) is 0 Å². The molecule has 0 saturated heterocycles. The zero-order valence-corrected chi connectivity index (χ0v) is 11.3. The minimum Gasteiger partial charge on any atom is -0.247 e. The van der Waals surface area contributed by atoms with E-state index in [4.69, 9.17) is 0 Å². The summed E-state index contributed by atoms with van der Waals surface area (Å²) in [5, 5.41) is 4.64. The monoisotopic (exact) mass is 299 g/mol. The van der Waals surface area contributed by atoms with E-state index in [-0.39, 0.29) is 12.2 Å². The van der Waals surface area contributed by atoms with Crippen LogP contribution in [0.2, 0.25) is 0 Å². The van der Waals surface area contributed by atoms with Crippen molar-refractivity contribution in [1.29, 1.82) is 0 Å². The van der Waals surface area contributed by atoms with Gasteiger partial charge in [-0.3, -0.25) is 0 Å². The number of hydrogen-bond acceptors (Lipinski definition) is 3. The highest BCUT2D eigenvalue weighted by molar-refractivity contribution is 7.99. The average Bonchev–Trinajstić information content (AvgIpc) is 2.87. The lowest BCUT2D eigenvalue weighted by molar-refractivity contribution is 0.373. The van der Waals surface area contributed by atoms with E-state index in [2.05, 4.69) is 10.1 Å². The van der Waals surface area contributed by atoms with Crippen molar-refractivity contribution in [2.24, 2.45) is 0 Å². The number of halogens is 3. The molecule has 0 amide bonds. The van der Waals surface area contributed by atoms with E-state index in [0.717, 1.165) is 17.3 Å². The topological polar surface area (TPSA) is 30.7 Å². The Kier molecular flexibility index (Phi) is 5.23. The average molecular weight is 299 g/mol. The molecular formula is C13H12F3N3S. The summed E-state index contributed by atoms with van der Waals surface area (Å²) in [7, 11) is 0. The van der Waals surface area contributed by atoms with Crippen LogP contribution in [-0.4, -0.2) is 20.5 Å². The molecule has 0 aliphatic carbocycles. The summed E-state index contributed by atoms with van der Waals surface area (Å²) in [5.74, 6) is -1.19. The van der Waals surface area contributed by atoms with Crippen molar-refractivity contribution < 1.29 is 13.2 Å². The molecule has 0 unspecified atom stereocenters. The Morgan fingerprint density at radius 2 is 1.90 bits per heavy atom. The van der Waals surface area contributed by atoms with Crippen LogP contribution < -0.4 is 0 Å². The maximum Gasteiger partial charge on any atom is 0.301 e. The lowest BCUT2D eigenvalue weighted by Gasteiger charge is -1.99. The number of aromatic nitrogens is 3. The van der Waals surface area contributed by atoms with E-state index in [1.54, 1.807) is 11.0 Å². The van der Waals surface area contributed by atoms with Crippen LogP contribution >= 0.6 is 11.8 Å². The molecule has 0 radical (unpaired) electrons. The Hall–Kier alpha value is -1.76. The zero-order chi connectivity index (χ0) is 14.4. The predicted octanol–water partition coefficient (Wildman–Crippen LogP) is 3.89. The molecule has 0 aliphatic heterocycles. The SMILES string of the molecule is FC(F)=C(F)CCSc1ncn(Cc2ccccc2)n1. The minimum atomic E-state index is -2.26. The highest BCUT2D eigenvalue weighted by Crippen LogP contribution is 2.19. The number of rotatable bonds is 6. The first-order valence-corrected chi connectivity index (χ1v) is 6.89. The Labute approximate surface area is 118 Å². The molecule has 0 spiro atoms. The Bertz CT molecular complexity index is 580.